The first-order chi connectivity index (χ1) is 11.2. The molecule has 0 aliphatic rings. The number of amides is 1. The van der Waals surface area contributed by atoms with E-state index in [4.69, 9.17) is 4.74 Å². The number of nitrogens with one attached hydrogen (secondary N) is 1. The highest BCUT2D eigenvalue weighted by Gasteiger charge is 2.11. The summed E-state index contributed by atoms with van der Waals surface area (Å²) in [4.78, 5) is 19.8. The van der Waals surface area contributed by atoms with E-state index in [2.05, 4.69) is 15.3 Å². The molecule has 0 bridgehead atoms. The minimum Gasteiger partial charge on any atom is -0.494 e. The number of rotatable bonds is 4. The summed E-state index contributed by atoms with van der Waals surface area (Å²) in [6, 6.07) is 9.38. The quantitative estimate of drug-likeness (QED) is 0.804. The molecule has 3 aromatic rings. The van der Waals surface area contributed by atoms with Gasteiger partial charge < -0.3 is 10.1 Å². The van der Waals surface area contributed by atoms with Crippen LogP contribution in [-0.2, 0) is 4.79 Å². The van der Waals surface area contributed by atoms with E-state index in [9.17, 15) is 4.79 Å². The number of hydrogen-bond donors (Lipinski definition) is 1. The molecule has 0 atom stereocenters. The van der Waals surface area contributed by atoms with E-state index >= 15 is 0 Å². The predicted molar refractivity (Wildman–Crippen MR) is 87.7 cm³/mol. The highest BCUT2D eigenvalue weighted by molar-refractivity contribution is 5.90. The van der Waals surface area contributed by atoms with Crippen molar-refractivity contribution in [3.8, 4) is 22.8 Å². The minimum atomic E-state index is -0.144. The van der Waals surface area contributed by atoms with E-state index in [1.165, 1.54) is 6.92 Å². The van der Waals surface area contributed by atoms with Gasteiger partial charge in [-0.15, -0.1) is 0 Å². The van der Waals surface area contributed by atoms with Crippen molar-refractivity contribution in [1.29, 1.82) is 0 Å². The van der Waals surface area contributed by atoms with E-state index in [0.717, 1.165) is 17.1 Å². The van der Waals surface area contributed by atoms with Gasteiger partial charge in [0.2, 0.25) is 5.91 Å². The number of carbonyl (C=O) groups is 1. The molecule has 2 aromatic heterocycles. The second kappa shape index (κ2) is 6.31. The number of carbonyl (C=O) groups excluding carboxylic acids is 1. The van der Waals surface area contributed by atoms with Gasteiger partial charge in [0.15, 0.2) is 0 Å². The smallest absolute Gasteiger partial charge is 0.221 e. The second-order valence-electron chi connectivity index (χ2n) is 4.93. The zero-order valence-corrected chi connectivity index (χ0v) is 12.9. The molecule has 0 aliphatic heterocycles. The molecule has 6 nitrogen and oxygen atoms in total. The Kier molecular flexibility index (Phi) is 4.05. The molecule has 0 aliphatic carbocycles. The van der Waals surface area contributed by atoms with Crippen LogP contribution < -0.4 is 10.1 Å². The van der Waals surface area contributed by atoms with Crippen LogP contribution in [0.5, 0.6) is 5.75 Å². The number of aromatic nitrogens is 3. The summed E-state index contributed by atoms with van der Waals surface area (Å²) in [5.74, 6) is 1.23. The molecule has 1 N–H and O–H groups in total. The number of benzene rings is 1. The molecule has 0 unspecified atom stereocenters. The number of ether oxygens (including phenoxy) is 1. The molecule has 0 spiro atoms. The summed E-state index contributed by atoms with van der Waals surface area (Å²) < 4.78 is 7.31. The SMILES string of the molecule is COc1cc(-n2ccnc2-c2cccnc2)ccc1NC(C)=O. The third kappa shape index (κ3) is 3.06. The Labute approximate surface area is 133 Å². The Morgan fingerprint density at radius 1 is 1.26 bits per heavy atom. The molecule has 0 fully saturated rings. The Morgan fingerprint density at radius 3 is 2.83 bits per heavy atom. The van der Waals surface area contributed by atoms with Crippen molar-refractivity contribution >= 4 is 11.6 Å². The van der Waals surface area contributed by atoms with Crippen LogP contribution in [0.3, 0.4) is 0 Å². The molecular weight excluding hydrogens is 292 g/mol. The number of imidazole rings is 1. The Balaban J connectivity index is 2.03. The van der Waals surface area contributed by atoms with E-state index in [1.807, 2.05) is 41.1 Å². The van der Waals surface area contributed by atoms with Crippen LogP contribution in [0.25, 0.3) is 17.1 Å². The lowest BCUT2D eigenvalue weighted by molar-refractivity contribution is -0.114. The van der Waals surface area contributed by atoms with Crippen LogP contribution >= 0.6 is 0 Å². The molecule has 23 heavy (non-hydrogen) atoms. The number of hydrogen-bond acceptors (Lipinski definition) is 4. The largest absolute Gasteiger partial charge is 0.494 e. The molecule has 116 valence electrons. The third-order valence-corrected chi connectivity index (χ3v) is 3.33. The minimum absolute atomic E-state index is 0.144. The molecule has 0 saturated carbocycles. The fraction of sp³-hybridized carbons (Fsp3) is 0.118. The summed E-state index contributed by atoms with van der Waals surface area (Å²) in [6.07, 6.45) is 7.09. The van der Waals surface area contributed by atoms with E-state index < -0.39 is 0 Å². The van der Waals surface area contributed by atoms with Crippen LogP contribution in [-0.4, -0.2) is 27.6 Å². The standard InChI is InChI=1S/C17H16N4O2/c1-12(22)20-15-6-5-14(10-16(15)23-2)21-9-8-19-17(21)13-4-3-7-18-11-13/h3-11H,1-2H3,(H,20,22). The molecule has 1 amide bonds. The zero-order valence-electron chi connectivity index (χ0n) is 12.9. The topological polar surface area (TPSA) is 69.0 Å². The van der Waals surface area contributed by atoms with Crippen molar-refractivity contribution in [2.24, 2.45) is 0 Å². The fourth-order valence-corrected chi connectivity index (χ4v) is 2.34. The fourth-order valence-electron chi connectivity index (χ4n) is 2.34. The van der Waals surface area contributed by atoms with Crippen LogP contribution in [0.1, 0.15) is 6.92 Å². The lowest BCUT2D eigenvalue weighted by atomic mass is 10.2. The van der Waals surface area contributed by atoms with Crippen LogP contribution in [0.2, 0.25) is 0 Å². The van der Waals surface area contributed by atoms with Crippen molar-refractivity contribution in [3.05, 3.63) is 55.1 Å². The third-order valence-electron chi connectivity index (χ3n) is 3.33. The molecule has 0 saturated heterocycles. The average Bonchev–Trinajstić information content (AvgIpc) is 3.05. The summed E-state index contributed by atoms with van der Waals surface area (Å²) in [6.45, 7) is 1.46. The monoisotopic (exact) mass is 308 g/mol. The zero-order chi connectivity index (χ0) is 16.2. The lowest BCUT2D eigenvalue weighted by Gasteiger charge is -2.13. The first kappa shape index (κ1) is 14.8. The van der Waals surface area contributed by atoms with Gasteiger partial charge in [-0.3, -0.25) is 14.3 Å². The molecule has 2 heterocycles. The molecule has 6 heteroatoms. The van der Waals surface area contributed by atoms with Gasteiger partial charge in [0, 0.05) is 43.3 Å². The van der Waals surface area contributed by atoms with Crippen molar-refractivity contribution in [2.75, 3.05) is 12.4 Å². The van der Waals surface area contributed by atoms with Gasteiger partial charge in [-0.1, -0.05) is 0 Å². The highest BCUT2D eigenvalue weighted by atomic mass is 16.5. The molecular formula is C17H16N4O2. The van der Waals surface area contributed by atoms with Gasteiger partial charge in [-0.05, 0) is 24.3 Å². The maximum Gasteiger partial charge on any atom is 0.221 e. The van der Waals surface area contributed by atoms with Gasteiger partial charge >= 0.3 is 0 Å². The van der Waals surface area contributed by atoms with Crippen molar-refractivity contribution in [2.45, 2.75) is 6.92 Å². The summed E-state index contributed by atoms with van der Waals surface area (Å²) in [7, 11) is 1.57. The maximum atomic E-state index is 11.2. The van der Waals surface area contributed by atoms with Gasteiger partial charge in [0.05, 0.1) is 18.5 Å². The maximum absolute atomic E-state index is 11.2. The van der Waals surface area contributed by atoms with Gasteiger partial charge in [0.1, 0.15) is 11.6 Å². The molecule has 0 radical (unpaired) electrons. The first-order valence-corrected chi connectivity index (χ1v) is 7.09. The highest BCUT2D eigenvalue weighted by Crippen LogP contribution is 2.29. The number of pyridine rings is 1. The molecule has 1 aromatic carbocycles. The van der Waals surface area contributed by atoms with Crippen LogP contribution in [0.4, 0.5) is 5.69 Å². The summed E-state index contributed by atoms with van der Waals surface area (Å²) in [5, 5.41) is 2.74. The Hall–Kier alpha value is -3.15. The van der Waals surface area contributed by atoms with Crippen molar-refractivity contribution in [1.82, 2.24) is 14.5 Å². The van der Waals surface area contributed by atoms with Crippen LogP contribution in [0, 0.1) is 0 Å². The van der Waals surface area contributed by atoms with Crippen molar-refractivity contribution < 1.29 is 9.53 Å². The average molecular weight is 308 g/mol. The summed E-state index contributed by atoms with van der Waals surface area (Å²) >= 11 is 0. The van der Waals surface area contributed by atoms with Gasteiger partial charge in [-0.2, -0.15) is 0 Å². The molecule has 3 rings (SSSR count). The van der Waals surface area contributed by atoms with E-state index in [-0.39, 0.29) is 5.91 Å². The lowest BCUT2D eigenvalue weighted by Crippen LogP contribution is -2.07. The number of anilines is 1. The predicted octanol–water partition coefficient (Wildman–Crippen LogP) is 2.90. The van der Waals surface area contributed by atoms with Gasteiger partial charge in [-0.25, -0.2) is 4.98 Å². The summed E-state index contributed by atoms with van der Waals surface area (Å²) in [5.41, 5.74) is 2.43. The Bertz CT molecular complexity index is 828. The first-order valence-electron chi connectivity index (χ1n) is 7.09. The van der Waals surface area contributed by atoms with Crippen molar-refractivity contribution in [3.63, 3.8) is 0 Å². The van der Waals surface area contributed by atoms with Gasteiger partial charge in [0.25, 0.3) is 0 Å². The van der Waals surface area contributed by atoms with Crippen LogP contribution in [0.15, 0.2) is 55.1 Å². The van der Waals surface area contributed by atoms with E-state index in [0.29, 0.717) is 11.4 Å². The Morgan fingerprint density at radius 2 is 2.13 bits per heavy atom. The normalized spacial score (nSPS) is 10.3. The van der Waals surface area contributed by atoms with E-state index in [1.54, 1.807) is 25.7 Å². The second-order valence-corrected chi connectivity index (χ2v) is 4.93. The number of methoxy groups -OCH3 is 1. The number of nitrogens with zero attached hydrogens (tertiary/aromatic N) is 3.